The van der Waals surface area contributed by atoms with Crippen molar-refractivity contribution in [3.63, 3.8) is 0 Å². The minimum atomic E-state index is -0.623. The van der Waals surface area contributed by atoms with Crippen LogP contribution in [0.4, 0.5) is 0 Å². The first-order valence-electron chi connectivity index (χ1n) is 5.13. The molecule has 1 heterocycles. The van der Waals surface area contributed by atoms with E-state index in [0.29, 0.717) is 6.04 Å². The summed E-state index contributed by atoms with van der Waals surface area (Å²) in [6.45, 7) is 3.86. The van der Waals surface area contributed by atoms with Crippen LogP contribution in [0, 0.1) is 11.8 Å². The topological polar surface area (TPSA) is 40.5 Å². The Kier molecular flexibility index (Phi) is 2.28. The average Bonchev–Trinajstić information content (AvgIpc) is 2.31. The summed E-state index contributed by atoms with van der Waals surface area (Å²) in [6, 6.07) is 0.686. The number of nitrogens with zero attached hydrogens (tertiary/aromatic N) is 1. The van der Waals surface area contributed by atoms with Gasteiger partial charge in [0.05, 0.1) is 5.92 Å². The van der Waals surface area contributed by atoms with Crippen LogP contribution in [0.15, 0.2) is 0 Å². The van der Waals surface area contributed by atoms with Crippen molar-refractivity contribution in [3.05, 3.63) is 0 Å². The molecule has 0 aromatic heterocycles. The molecular weight excluding hydrogens is 166 g/mol. The molecule has 2 atom stereocenters. The lowest BCUT2D eigenvalue weighted by Crippen LogP contribution is -2.54. The minimum Gasteiger partial charge on any atom is -0.481 e. The number of carbonyl (C=O) groups is 1. The predicted molar refractivity (Wildman–Crippen MR) is 49.5 cm³/mol. The molecule has 0 bridgehead atoms. The first-order chi connectivity index (χ1) is 6.16. The molecule has 2 aliphatic rings. The van der Waals surface area contributed by atoms with E-state index < -0.39 is 5.97 Å². The van der Waals surface area contributed by atoms with Gasteiger partial charge in [-0.2, -0.15) is 0 Å². The maximum atomic E-state index is 10.6. The zero-order valence-electron chi connectivity index (χ0n) is 8.07. The number of likely N-dealkylation sites (tertiary alicyclic amines) is 1. The highest BCUT2D eigenvalue weighted by molar-refractivity contribution is 5.71. The van der Waals surface area contributed by atoms with E-state index in [2.05, 4.69) is 11.8 Å². The Bertz CT molecular complexity index is 211. The Hall–Kier alpha value is -0.570. The zero-order chi connectivity index (χ0) is 9.42. The van der Waals surface area contributed by atoms with E-state index in [0.717, 1.165) is 19.0 Å². The molecule has 1 aliphatic carbocycles. The molecule has 0 radical (unpaired) electrons. The fourth-order valence-electron chi connectivity index (χ4n) is 2.48. The fraction of sp³-hybridized carbons (Fsp3) is 0.900. The average molecular weight is 183 g/mol. The Balaban J connectivity index is 1.77. The summed E-state index contributed by atoms with van der Waals surface area (Å²) in [7, 11) is 0. The van der Waals surface area contributed by atoms with Gasteiger partial charge in [0, 0.05) is 19.1 Å². The van der Waals surface area contributed by atoms with Crippen LogP contribution in [-0.2, 0) is 4.79 Å². The molecule has 0 spiro atoms. The van der Waals surface area contributed by atoms with Gasteiger partial charge >= 0.3 is 5.97 Å². The maximum Gasteiger partial charge on any atom is 0.309 e. The molecule has 1 saturated carbocycles. The van der Waals surface area contributed by atoms with Crippen molar-refractivity contribution in [2.75, 3.05) is 13.1 Å². The van der Waals surface area contributed by atoms with Crippen molar-refractivity contribution < 1.29 is 9.90 Å². The van der Waals surface area contributed by atoms with Crippen LogP contribution in [0.25, 0.3) is 0 Å². The van der Waals surface area contributed by atoms with E-state index in [1.807, 2.05) is 0 Å². The van der Waals surface area contributed by atoms with Gasteiger partial charge in [0.15, 0.2) is 0 Å². The van der Waals surface area contributed by atoms with Gasteiger partial charge in [-0.15, -0.1) is 0 Å². The highest BCUT2D eigenvalue weighted by Crippen LogP contribution is 2.32. The summed E-state index contributed by atoms with van der Waals surface area (Å²) < 4.78 is 0. The standard InChI is InChI=1S/C10H17NO2/c1-7-2-3-9(4-7)11-5-8(6-11)10(12)13/h7-9H,2-6H2,1H3,(H,12,13). The van der Waals surface area contributed by atoms with E-state index in [1.165, 1.54) is 19.3 Å². The molecule has 13 heavy (non-hydrogen) atoms. The van der Waals surface area contributed by atoms with Crippen LogP contribution in [-0.4, -0.2) is 35.1 Å². The Morgan fingerprint density at radius 3 is 2.54 bits per heavy atom. The first-order valence-corrected chi connectivity index (χ1v) is 5.13. The van der Waals surface area contributed by atoms with Crippen LogP contribution < -0.4 is 0 Å². The molecule has 1 saturated heterocycles. The number of carboxylic acids is 1. The third kappa shape index (κ3) is 1.70. The summed E-state index contributed by atoms with van der Waals surface area (Å²) in [6.07, 6.45) is 3.86. The van der Waals surface area contributed by atoms with Crippen molar-refractivity contribution in [2.24, 2.45) is 11.8 Å². The van der Waals surface area contributed by atoms with Gasteiger partial charge in [0.25, 0.3) is 0 Å². The van der Waals surface area contributed by atoms with Crippen molar-refractivity contribution in [1.29, 1.82) is 0 Å². The summed E-state index contributed by atoms with van der Waals surface area (Å²) in [4.78, 5) is 12.9. The fourth-order valence-corrected chi connectivity index (χ4v) is 2.48. The second-order valence-electron chi connectivity index (χ2n) is 4.56. The quantitative estimate of drug-likeness (QED) is 0.699. The summed E-state index contributed by atoms with van der Waals surface area (Å²) in [5.41, 5.74) is 0. The molecular formula is C10H17NO2. The molecule has 3 nitrogen and oxygen atoms in total. The van der Waals surface area contributed by atoms with Crippen molar-refractivity contribution in [3.8, 4) is 0 Å². The highest BCUT2D eigenvalue weighted by atomic mass is 16.4. The molecule has 0 aromatic carbocycles. The van der Waals surface area contributed by atoms with Gasteiger partial charge in [0.2, 0.25) is 0 Å². The molecule has 1 N–H and O–H groups in total. The lowest BCUT2D eigenvalue weighted by atomic mass is 9.97. The Labute approximate surface area is 78.7 Å². The third-order valence-corrected chi connectivity index (χ3v) is 3.44. The van der Waals surface area contributed by atoms with Gasteiger partial charge in [0.1, 0.15) is 0 Å². The number of rotatable bonds is 2. The van der Waals surface area contributed by atoms with Gasteiger partial charge in [-0.3, -0.25) is 9.69 Å². The van der Waals surface area contributed by atoms with Gasteiger partial charge in [-0.1, -0.05) is 6.92 Å². The molecule has 0 amide bonds. The summed E-state index contributed by atoms with van der Waals surface area (Å²) >= 11 is 0. The monoisotopic (exact) mass is 183 g/mol. The number of hydrogen-bond donors (Lipinski definition) is 1. The van der Waals surface area contributed by atoms with Gasteiger partial charge in [-0.05, 0) is 25.2 Å². The molecule has 2 rings (SSSR count). The van der Waals surface area contributed by atoms with E-state index in [-0.39, 0.29) is 5.92 Å². The molecule has 2 unspecified atom stereocenters. The second-order valence-corrected chi connectivity index (χ2v) is 4.56. The van der Waals surface area contributed by atoms with Crippen LogP contribution in [0.1, 0.15) is 26.2 Å². The van der Waals surface area contributed by atoms with Gasteiger partial charge < -0.3 is 5.11 Å². The third-order valence-electron chi connectivity index (χ3n) is 3.44. The smallest absolute Gasteiger partial charge is 0.309 e. The Morgan fingerprint density at radius 1 is 1.38 bits per heavy atom. The van der Waals surface area contributed by atoms with Crippen molar-refractivity contribution in [1.82, 2.24) is 4.90 Å². The van der Waals surface area contributed by atoms with E-state index in [4.69, 9.17) is 5.11 Å². The minimum absolute atomic E-state index is 0.0871. The first kappa shape index (κ1) is 9.00. The number of hydrogen-bond acceptors (Lipinski definition) is 2. The molecule has 1 aliphatic heterocycles. The van der Waals surface area contributed by atoms with E-state index in [9.17, 15) is 4.79 Å². The van der Waals surface area contributed by atoms with Crippen molar-refractivity contribution >= 4 is 5.97 Å². The lowest BCUT2D eigenvalue weighted by Gasteiger charge is -2.41. The largest absolute Gasteiger partial charge is 0.481 e. The number of carboxylic acid groups (broad SMARTS) is 1. The Morgan fingerprint density at radius 2 is 2.08 bits per heavy atom. The van der Waals surface area contributed by atoms with Gasteiger partial charge in [-0.25, -0.2) is 0 Å². The summed E-state index contributed by atoms with van der Waals surface area (Å²) in [5.74, 6) is 0.132. The zero-order valence-corrected chi connectivity index (χ0v) is 8.07. The predicted octanol–water partition coefficient (Wildman–Crippen LogP) is 1.19. The molecule has 2 fully saturated rings. The second kappa shape index (κ2) is 3.29. The molecule has 0 aromatic rings. The summed E-state index contributed by atoms with van der Waals surface area (Å²) in [5, 5.41) is 8.72. The maximum absolute atomic E-state index is 10.6. The van der Waals surface area contributed by atoms with E-state index in [1.54, 1.807) is 0 Å². The van der Waals surface area contributed by atoms with Crippen LogP contribution >= 0.6 is 0 Å². The van der Waals surface area contributed by atoms with Crippen LogP contribution in [0.2, 0.25) is 0 Å². The molecule has 3 heteroatoms. The van der Waals surface area contributed by atoms with E-state index >= 15 is 0 Å². The lowest BCUT2D eigenvalue weighted by molar-refractivity contribution is -0.148. The van der Waals surface area contributed by atoms with Crippen LogP contribution in [0.5, 0.6) is 0 Å². The normalized spacial score (nSPS) is 36.1. The SMILES string of the molecule is CC1CCC(N2CC(C(=O)O)C2)C1. The number of aliphatic carboxylic acids is 1. The van der Waals surface area contributed by atoms with Crippen LogP contribution in [0.3, 0.4) is 0 Å². The molecule has 74 valence electrons. The van der Waals surface area contributed by atoms with Crippen molar-refractivity contribution in [2.45, 2.75) is 32.2 Å². The highest BCUT2D eigenvalue weighted by Gasteiger charge is 2.38.